The molecule has 0 aliphatic carbocycles. The van der Waals surface area contributed by atoms with Crippen molar-refractivity contribution >= 4 is 40.6 Å². The quantitative estimate of drug-likeness (QED) is 0.789. The Balaban J connectivity index is 2.14. The van der Waals surface area contributed by atoms with Crippen LogP contribution in [0, 0.1) is 6.92 Å². The van der Waals surface area contributed by atoms with Gasteiger partial charge >= 0.3 is 0 Å². The zero-order valence-corrected chi connectivity index (χ0v) is 14.9. The Morgan fingerprint density at radius 3 is 2.32 bits per heavy atom. The summed E-state index contributed by atoms with van der Waals surface area (Å²) >= 11 is 5.89. The molecule has 1 atom stereocenters. The molecular weight excluding hydrogens is 311 g/mol. The first kappa shape index (κ1) is 15.3. The summed E-state index contributed by atoms with van der Waals surface area (Å²) in [6, 6.07) is 14.0. The second-order valence-corrected chi connectivity index (χ2v) is 10.7. The molecule has 0 bridgehead atoms. The van der Waals surface area contributed by atoms with E-state index in [-0.39, 0.29) is 5.91 Å². The molecule has 2 aromatic rings. The van der Waals surface area contributed by atoms with Crippen LogP contribution in [0.1, 0.15) is 15.9 Å². The van der Waals surface area contributed by atoms with E-state index in [1.165, 1.54) is 5.56 Å². The van der Waals surface area contributed by atoms with Gasteiger partial charge < -0.3 is 4.90 Å². The lowest BCUT2D eigenvalue weighted by Crippen LogP contribution is -2.21. The van der Waals surface area contributed by atoms with Crippen LogP contribution in [0.5, 0.6) is 0 Å². The maximum absolute atomic E-state index is 12.9. The van der Waals surface area contributed by atoms with Crippen molar-refractivity contribution in [3.63, 3.8) is 0 Å². The number of anilines is 2. The lowest BCUT2D eigenvalue weighted by molar-refractivity contribution is 0.101. The first-order chi connectivity index (χ1) is 10.3. The molecule has 0 fully saturated rings. The van der Waals surface area contributed by atoms with Crippen molar-refractivity contribution in [3.8, 4) is 0 Å². The predicted octanol–water partition coefficient (Wildman–Crippen LogP) is 3.37. The average Bonchev–Trinajstić information content (AvgIpc) is 2.67. The topological polar surface area (TPSA) is 23.6 Å². The molecule has 114 valence electrons. The molecular formula is C17H19N2OPS. The summed E-state index contributed by atoms with van der Waals surface area (Å²) in [6.07, 6.45) is -2.09. The Kier molecular flexibility index (Phi) is 3.62. The Morgan fingerprint density at radius 1 is 1.09 bits per heavy atom. The molecule has 0 radical (unpaired) electrons. The minimum atomic E-state index is -2.09. The Bertz CT molecular complexity index is 799. The third kappa shape index (κ3) is 2.27. The van der Waals surface area contributed by atoms with Crippen LogP contribution in [0.2, 0.25) is 0 Å². The largest absolute Gasteiger partial charge is 0.378 e. The molecule has 0 spiro atoms. The highest BCUT2D eigenvalue weighted by Gasteiger charge is 2.40. The number of aryl methyl sites for hydroxylation is 1. The molecule has 1 aliphatic heterocycles. The van der Waals surface area contributed by atoms with Crippen LogP contribution in [-0.2, 0) is 11.8 Å². The number of hydrogen-bond donors (Lipinski definition) is 0. The van der Waals surface area contributed by atoms with Crippen LogP contribution in [-0.4, -0.2) is 26.7 Å². The van der Waals surface area contributed by atoms with E-state index < -0.39 is 6.19 Å². The number of nitrogens with zero attached hydrogens (tertiary/aromatic N) is 2. The third-order valence-corrected chi connectivity index (χ3v) is 7.57. The lowest BCUT2D eigenvalue weighted by Gasteiger charge is -2.25. The highest BCUT2D eigenvalue weighted by Crippen LogP contribution is 2.54. The van der Waals surface area contributed by atoms with Crippen molar-refractivity contribution < 1.29 is 4.79 Å². The van der Waals surface area contributed by atoms with Gasteiger partial charge in [-0.3, -0.25) is 9.46 Å². The van der Waals surface area contributed by atoms with Crippen LogP contribution in [0.3, 0.4) is 0 Å². The minimum Gasteiger partial charge on any atom is -0.378 e. The van der Waals surface area contributed by atoms with E-state index in [4.69, 9.17) is 11.8 Å². The van der Waals surface area contributed by atoms with E-state index in [1.807, 2.05) is 79.7 Å². The van der Waals surface area contributed by atoms with Gasteiger partial charge in [-0.1, -0.05) is 29.5 Å². The Labute approximate surface area is 136 Å². The van der Waals surface area contributed by atoms with Crippen molar-refractivity contribution in [3.05, 3.63) is 53.6 Å². The SMILES string of the molecule is Cc1ccc(N2C(=O)c3cc(N(C)C)ccc3[P@]2(C)=S)cc1. The van der Waals surface area contributed by atoms with Gasteiger partial charge in [-0.05, 0) is 43.9 Å². The molecule has 0 saturated heterocycles. The molecule has 2 aromatic carbocycles. The third-order valence-electron chi connectivity index (χ3n) is 4.03. The number of carbonyl (C=O) groups is 1. The molecule has 3 nitrogen and oxygen atoms in total. The number of hydrogen-bond acceptors (Lipinski definition) is 3. The average molecular weight is 330 g/mol. The zero-order valence-electron chi connectivity index (χ0n) is 13.2. The number of benzene rings is 2. The van der Waals surface area contributed by atoms with Crippen LogP contribution in [0.15, 0.2) is 42.5 Å². The van der Waals surface area contributed by atoms with Gasteiger partial charge in [-0.2, -0.15) is 0 Å². The van der Waals surface area contributed by atoms with Gasteiger partial charge in [0.05, 0.1) is 11.8 Å². The summed E-state index contributed by atoms with van der Waals surface area (Å²) in [4.78, 5) is 14.9. The van der Waals surface area contributed by atoms with E-state index in [0.29, 0.717) is 0 Å². The summed E-state index contributed by atoms with van der Waals surface area (Å²) in [5, 5.41) is 1.01. The number of fused-ring (bicyclic) bond motifs is 1. The van der Waals surface area contributed by atoms with E-state index >= 15 is 0 Å². The van der Waals surface area contributed by atoms with E-state index in [0.717, 1.165) is 22.2 Å². The highest BCUT2D eigenvalue weighted by molar-refractivity contribution is 8.19. The summed E-state index contributed by atoms with van der Waals surface area (Å²) in [7, 11) is 3.95. The Morgan fingerprint density at radius 2 is 1.73 bits per heavy atom. The number of amides is 1. The fraction of sp³-hybridized carbons (Fsp3) is 0.235. The molecule has 3 rings (SSSR count). The molecule has 0 aromatic heterocycles. The van der Waals surface area contributed by atoms with Gasteiger partial charge in [-0.25, -0.2) is 0 Å². The molecule has 0 saturated carbocycles. The summed E-state index contributed by atoms with van der Waals surface area (Å²) in [5.74, 6) is 0.0217. The van der Waals surface area contributed by atoms with Gasteiger partial charge in [0, 0.05) is 30.8 Å². The van der Waals surface area contributed by atoms with Crippen LogP contribution in [0.4, 0.5) is 11.4 Å². The molecule has 1 heterocycles. The first-order valence-electron chi connectivity index (χ1n) is 7.13. The summed E-state index contributed by atoms with van der Waals surface area (Å²) in [5.41, 5.74) is 3.83. The second-order valence-electron chi connectivity index (χ2n) is 5.93. The van der Waals surface area contributed by atoms with Gasteiger partial charge in [0.2, 0.25) is 0 Å². The second kappa shape index (κ2) is 5.22. The van der Waals surface area contributed by atoms with Crippen LogP contribution < -0.4 is 14.9 Å². The normalized spacial score (nSPS) is 20.2. The number of carbonyl (C=O) groups excluding carboxylic acids is 1. The van der Waals surface area contributed by atoms with Crippen molar-refractivity contribution in [2.75, 3.05) is 30.3 Å². The van der Waals surface area contributed by atoms with Crippen molar-refractivity contribution in [1.29, 1.82) is 0 Å². The minimum absolute atomic E-state index is 0.0217. The van der Waals surface area contributed by atoms with Gasteiger partial charge in [0.1, 0.15) is 0 Å². The summed E-state index contributed by atoms with van der Waals surface area (Å²) in [6.45, 7) is 4.07. The monoisotopic (exact) mass is 330 g/mol. The molecule has 1 amide bonds. The van der Waals surface area contributed by atoms with Gasteiger partial charge in [0.25, 0.3) is 5.91 Å². The lowest BCUT2D eigenvalue weighted by atomic mass is 10.1. The highest BCUT2D eigenvalue weighted by atomic mass is 32.4. The maximum Gasteiger partial charge on any atom is 0.263 e. The van der Waals surface area contributed by atoms with E-state index in [9.17, 15) is 4.79 Å². The fourth-order valence-electron chi connectivity index (χ4n) is 2.75. The molecule has 1 aliphatic rings. The van der Waals surface area contributed by atoms with Crippen LogP contribution >= 0.6 is 6.19 Å². The molecule has 0 N–H and O–H groups in total. The number of rotatable bonds is 2. The zero-order chi connectivity index (χ0) is 16.1. The smallest absolute Gasteiger partial charge is 0.263 e. The van der Waals surface area contributed by atoms with E-state index in [2.05, 4.69) is 0 Å². The van der Waals surface area contributed by atoms with Crippen molar-refractivity contribution in [1.82, 2.24) is 0 Å². The van der Waals surface area contributed by atoms with Crippen LogP contribution in [0.25, 0.3) is 0 Å². The molecule has 22 heavy (non-hydrogen) atoms. The van der Waals surface area contributed by atoms with Crippen molar-refractivity contribution in [2.24, 2.45) is 0 Å². The maximum atomic E-state index is 12.9. The predicted molar refractivity (Wildman–Crippen MR) is 98.6 cm³/mol. The van der Waals surface area contributed by atoms with E-state index in [1.54, 1.807) is 0 Å². The Hall–Kier alpha value is -1.64. The molecule has 0 unspecified atom stereocenters. The van der Waals surface area contributed by atoms with Gasteiger partial charge in [0.15, 0.2) is 0 Å². The summed E-state index contributed by atoms with van der Waals surface area (Å²) < 4.78 is 1.83. The fourth-order valence-corrected chi connectivity index (χ4v) is 5.94. The van der Waals surface area contributed by atoms with Gasteiger partial charge in [-0.15, -0.1) is 0 Å². The first-order valence-corrected chi connectivity index (χ1v) is 10.3. The van der Waals surface area contributed by atoms with Crippen molar-refractivity contribution in [2.45, 2.75) is 6.92 Å². The standard InChI is InChI=1S/C17H19N2OPS/c1-12-5-7-13(8-6-12)19-17(20)15-11-14(18(2)3)9-10-16(15)21(19,4)22/h5-11H,1-4H3/t21-/m0/s1. The molecule has 5 heteroatoms.